The third kappa shape index (κ3) is 6.23. The smallest absolute Gasteiger partial charge is 0.254 e. The van der Waals surface area contributed by atoms with E-state index in [2.05, 4.69) is 6.92 Å². The van der Waals surface area contributed by atoms with Crippen molar-refractivity contribution in [1.82, 2.24) is 9.80 Å². The number of amides is 3. The molecule has 6 nitrogen and oxygen atoms in total. The lowest BCUT2D eigenvalue weighted by Crippen LogP contribution is -2.43. The number of hydrogen-bond acceptors (Lipinski definition) is 3. The second-order valence-electron chi connectivity index (χ2n) is 9.72. The van der Waals surface area contributed by atoms with Crippen molar-refractivity contribution in [2.24, 2.45) is 5.92 Å². The predicted molar refractivity (Wildman–Crippen MR) is 139 cm³/mol. The largest absolute Gasteiger partial charge is 0.329 e. The average Bonchev–Trinajstić information content (AvgIpc) is 3.59. The molecule has 7 heteroatoms. The Bertz CT molecular complexity index is 1080. The predicted octanol–water partition coefficient (Wildman–Crippen LogP) is 5.07. The van der Waals surface area contributed by atoms with Crippen LogP contribution in [0, 0.1) is 12.8 Å². The molecule has 0 radical (unpaired) electrons. The van der Waals surface area contributed by atoms with Crippen LogP contribution in [0.4, 0.5) is 5.69 Å². The normalized spacial score (nSPS) is 15.6. The van der Waals surface area contributed by atoms with Crippen LogP contribution in [0.3, 0.4) is 0 Å². The van der Waals surface area contributed by atoms with E-state index >= 15 is 0 Å². The fourth-order valence-electron chi connectivity index (χ4n) is 4.48. The number of carbonyl (C=O) groups is 3. The van der Waals surface area contributed by atoms with Gasteiger partial charge in [-0.2, -0.15) is 0 Å². The van der Waals surface area contributed by atoms with Crippen LogP contribution in [0.25, 0.3) is 0 Å². The molecule has 1 heterocycles. The van der Waals surface area contributed by atoms with Crippen LogP contribution in [-0.4, -0.2) is 53.8 Å². The molecular formula is C28H34ClN3O3. The van der Waals surface area contributed by atoms with Crippen LogP contribution in [0.1, 0.15) is 60.5 Å². The SMILES string of the molecule is CCCCCc1ccc(C(=O)N(CC(=O)N2CC(=O)N(c3cccc(Cl)c3C)C2)CC2CC2)cc1. The number of anilines is 1. The molecule has 0 spiro atoms. The second-order valence-corrected chi connectivity index (χ2v) is 10.1. The number of unbranched alkanes of at least 4 members (excludes halogenated alkanes) is 2. The topological polar surface area (TPSA) is 60.9 Å². The Hall–Kier alpha value is -2.86. The molecule has 3 amide bonds. The van der Waals surface area contributed by atoms with Gasteiger partial charge in [-0.05, 0) is 73.9 Å². The zero-order valence-electron chi connectivity index (χ0n) is 20.6. The maximum absolute atomic E-state index is 13.3. The summed E-state index contributed by atoms with van der Waals surface area (Å²) in [5, 5.41) is 0.581. The Balaban J connectivity index is 1.42. The molecule has 0 atom stereocenters. The zero-order chi connectivity index (χ0) is 24.9. The molecule has 0 aromatic heterocycles. The van der Waals surface area contributed by atoms with Crippen LogP contribution in [0.15, 0.2) is 42.5 Å². The molecule has 35 heavy (non-hydrogen) atoms. The highest BCUT2D eigenvalue weighted by atomic mass is 35.5. The van der Waals surface area contributed by atoms with Gasteiger partial charge in [-0.1, -0.05) is 49.6 Å². The van der Waals surface area contributed by atoms with E-state index in [1.807, 2.05) is 37.3 Å². The molecule has 0 unspecified atom stereocenters. The lowest BCUT2D eigenvalue weighted by molar-refractivity contribution is -0.132. The van der Waals surface area contributed by atoms with Gasteiger partial charge >= 0.3 is 0 Å². The van der Waals surface area contributed by atoms with E-state index in [0.717, 1.165) is 31.2 Å². The van der Waals surface area contributed by atoms with Crippen molar-refractivity contribution in [2.75, 3.05) is 31.2 Å². The van der Waals surface area contributed by atoms with Gasteiger partial charge in [0.1, 0.15) is 19.8 Å². The van der Waals surface area contributed by atoms with Gasteiger partial charge < -0.3 is 9.80 Å². The fraction of sp³-hybridized carbons (Fsp3) is 0.464. The number of carbonyl (C=O) groups excluding carboxylic acids is 3. The van der Waals surface area contributed by atoms with Crippen LogP contribution < -0.4 is 4.90 Å². The van der Waals surface area contributed by atoms with E-state index in [0.29, 0.717) is 28.7 Å². The first kappa shape index (κ1) is 25.2. The highest BCUT2D eigenvalue weighted by Crippen LogP contribution is 2.31. The molecule has 1 aliphatic heterocycles. The van der Waals surface area contributed by atoms with E-state index in [1.54, 1.807) is 21.9 Å². The minimum atomic E-state index is -0.217. The summed E-state index contributed by atoms with van der Waals surface area (Å²) in [5.74, 6) is -0.0440. The molecule has 0 N–H and O–H groups in total. The third-order valence-electron chi connectivity index (χ3n) is 6.88. The summed E-state index contributed by atoms with van der Waals surface area (Å²) in [5.41, 5.74) is 3.35. The maximum Gasteiger partial charge on any atom is 0.254 e. The van der Waals surface area contributed by atoms with Crippen molar-refractivity contribution in [3.8, 4) is 0 Å². The minimum absolute atomic E-state index is 0.00268. The molecule has 186 valence electrons. The number of aryl methyl sites for hydroxylation is 1. The van der Waals surface area contributed by atoms with Crippen LogP contribution in [0.5, 0.6) is 0 Å². The van der Waals surface area contributed by atoms with E-state index in [4.69, 9.17) is 11.6 Å². The van der Waals surface area contributed by atoms with E-state index in [-0.39, 0.29) is 37.5 Å². The van der Waals surface area contributed by atoms with Crippen molar-refractivity contribution in [3.05, 3.63) is 64.2 Å². The monoisotopic (exact) mass is 495 g/mol. The summed E-state index contributed by atoms with van der Waals surface area (Å²) < 4.78 is 0. The molecule has 0 bridgehead atoms. The Labute approximate surface area is 212 Å². The highest BCUT2D eigenvalue weighted by Gasteiger charge is 2.35. The summed E-state index contributed by atoms with van der Waals surface area (Å²) in [4.78, 5) is 44.0. The van der Waals surface area contributed by atoms with Gasteiger partial charge in [0, 0.05) is 22.8 Å². The average molecular weight is 496 g/mol. The molecule has 2 aromatic carbocycles. The highest BCUT2D eigenvalue weighted by molar-refractivity contribution is 6.31. The zero-order valence-corrected chi connectivity index (χ0v) is 21.4. The van der Waals surface area contributed by atoms with E-state index in [1.165, 1.54) is 23.3 Å². The van der Waals surface area contributed by atoms with E-state index < -0.39 is 0 Å². The molecule has 1 saturated carbocycles. The standard InChI is InChI=1S/C28H34ClN3O3/c1-3-4-5-7-21-12-14-23(15-13-21)28(35)30(16-22-10-11-22)17-26(33)31-18-27(34)32(19-31)25-9-6-8-24(29)20(25)2/h6,8-9,12-15,22H,3-5,7,10-11,16-19H2,1-2H3. The van der Waals surface area contributed by atoms with Crippen LogP contribution in [0.2, 0.25) is 5.02 Å². The second kappa shape index (κ2) is 11.3. The number of benzene rings is 2. The van der Waals surface area contributed by atoms with Crippen LogP contribution in [-0.2, 0) is 16.0 Å². The van der Waals surface area contributed by atoms with Crippen molar-refractivity contribution >= 4 is 35.0 Å². The van der Waals surface area contributed by atoms with E-state index in [9.17, 15) is 14.4 Å². The number of nitrogens with zero attached hydrogens (tertiary/aromatic N) is 3. The van der Waals surface area contributed by atoms with Crippen molar-refractivity contribution in [1.29, 1.82) is 0 Å². The lowest BCUT2D eigenvalue weighted by atomic mass is 10.0. The van der Waals surface area contributed by atoms with Crippen molar-refractivity contribution in [2.45, 2.75) is 52.4 Å². The van der Waals surface area contributed by atoms with Gasteiger partial charge in [0.25, 0.3) is 5.91 Å². The molecule has 1 aliphatic carbocycles. The summed E-state index contributed by atoms with van der Waals surface area (Å²) >= 11 is 6.23. The summed E-state index contributed by atoms with van der Waals surface area (Å²) in [6.45, 7) is 4.76. The minimum Gasteiger partial charge on any atom is -0.329 e. The summed E-state index contributed by atoms with van der Waals surface area (Å²) in [7, 11) is 0. The number of halogens is 1. The fourth-order valence-corrected chi connectivity index (χ4v) is 4.65. The third-order valence-corrected chi connectivity index (χ3v) is 7.29. The molecule has 4 rings (SSSR count). The molecular weight excluding hydrogens is 462 g/mol. The molecule has 2 aromatic rings. The maximum atomic E-state index is 13.3. The molecule has 1 saturated heterocycles. The van der Waals surface area contributed by atoms with Crippen molar-refractivity contribution in [3.63, 3.8) is 0 Å². The van der Waals surface area contributed by atoms with Gasteiger partial charge in [0.05, 0.1) is 0 Å². The van der Waals surface area contributed by atoms with Gasteiger partial charge in [0.2, 0.25) is 11.8 Å². The summed E-state index contributed by atoms with van der Waals surface area (Å²) in [6.07, 6.45) is 6.70. The van der Waals surface area contributed by atoms with Gasteiger partial charge in [-0.25, -0.2) is 0 Å². The summed E-state index contributed by atoms with van der Waals surface area (Å²) in [6, 6.07) is 13.2. The van der Waals surface area contributed by atoms with Gasteiger partial charge in [-0.15, -0.1) is 0 Å². The quantitative estimate of drug-likeness (QED) is 0.432. The van der Waals surface area contributed by atoms with Gasteiger partial charge in [-0.3, -0.25) is 19.3 Å². The first-order chi connectivity index (χ1) is 16.9. The van der Waals surface area contributed by atoms with Crippen LogP contribution >= 0.6 is 11.6 Å². The molecule has 2 fully saturated rings. The number of rotatable bonds is 10. The first-order valence-electron chi connectivity index (χ1n) is 12.6. The first-order valence-corrected chi connectivity index (χ1v) is 13.0. The Morgan fingerprint density at radius 3 is 2.51 bits per heavy atom. The lowest BCUT2D eigenvalue weighted by Gasteiger charge is -2.25. The van der Waals surface area contributed by atoms with Gasteiger partial charge in [0.15, 0.2) is 0 Å². The Morgan fingerprint density at radius 1 is 1.09 bits per heavy atom. The Morgan fingerprint density at radius 2 is 1.83 bits per heavy atom. The molecule has 2 aliphatic rings. The van der Waals surface area contributed by atoms with Crippen molar-refractivity contribution < 1.29 is 14.4 Å². The number of hydrogen-bond donors (Lipinski definition) is 0. The Kier molecular flexibility index (Phi) is 8.11.